The van der Waals surface area contributed by atoms with Gasteiger partial charge in [-0.25, -0.2) is 0 Å². The number of carbonyl (C=O) groups is 1. The van der Waals surface area contributed by atoms with Crippen molar-refractivity contribution in [2.75, 3.05) is 13.1 Å². The maximum atomic E-state index is 11.0. The van der Waals surface area contributed by atoms with Gasteiger partial charge in [0.1, 0.15) is 0 Å². The first-order chi connectivity index (χ1) is 8.15. The molecule has 0 aromatic rings. The summed E-state index contributed by atoms with van der Waals surface area (Å²) in [6, 6.07) is 2.49. The number of carboxylic acids is 1. The first kappa shape index (κ1) is 11.5. The monoisotopic (exact) mass is 238 g/mol. The third-order valence-corrected chi connectivity index (χ3v) is 4.42. The third kappa shape index (κ3) is 2.47. The Labute approximate surface area is 103 Å². The fourth-order valence-corrected chi connectivity index (χ4v) is 3.30. The Bertz CT molecular complexity index is 313. The molecule has 0 aromatic heterocycles. The van der Waals surface area contributed by atoms with Gasteiger partial charge in [-0.3, -0.25) is 14.6 Å². The molecule has 2 saturated carbocycles. The highest BCUT2D eigenvalue weighted by Crippen LogP contribution is 2.37. The van der Waals surface area contributed by atoms with Crippen molar-refractivity contribution in [1.29, 1.82) is 0 Å². The van der Waals surface area contributed by atoms with Gasteiger partial charge in [-0.1, -0.05) is 0 Å². The van der Waals surface area contributed by atoms with E-state index in [1.54, 1.807) is 0 Å². The zero-order valence-corrected chi connectivity index (χ0v) is 10.5. The predicted molar refractivity (Wildman–Crippen MR) is 65.0 cm³/mol. The second-order valence-electron chi connectivity index (χ2n) is 5.96. The van der Waals surface area contributed by atoms with Gasteiger partial charge in [0.05, 0.1) is 6.54 Å². The fraction of sp³-hybridized carbons (Fsp3) is 0.923. The van der Waals surface area contributed by atoms with Crippen LogP contribution in [0, 0.1) is 0 Å². The lowest BCUT2D eigenvalue weighted by Crippen LogP contribution is -2.42. The summed E-state index contributed by atoms with van der Waals surface area (Å²) < 4.78 is 0. The van der Waals surface area contributed by atoms with Gasteiger partial charge in [-0.15, -0.1) is 0 Å². The molecule has 17 heavy (non-hydrogen) atoms. The van der Waals surface area contributed by atoms with E-state index in [-0.39, 0.29) is 6.54 Å². The maximum Gasteiger partial charge on any atom is 0.317 e. The lowest BCUT2D eigenvalue weighted by atomic mass is 10.1. The summed E-state index contributed by atoms with van der Waals surface area (Å²) in [5.41, 5.74) is 0. The van der Waals surface area contributed by atoms with E-state index in [1.165, 1.54) is 25.7 Å². The van der Waals surface area contributed by atoms with Crippen molar-refractivity contribution in [3.05, 3.63) is 0 Å². The fourth-order valence-electron chi connectivity index (χ4n) is 3.30. The number of nitrogens with zero attached hydrogens (tertiary/aromatic N) is 2. The molecule has 0 amide bonds. The van der Waals surface area contributed by atoms with Crippen molar-refractivity contribution in [3.63, 3.8) is 0 Å². The molecule has 1 N–H and O–H groups in total. The number of aliphatic carboxylic acids is 1. The smallest absolute Gasteiger partial charge is 0.317 e. The number of hydrogen-bond acceptors (Lipinski definition) is 3. The zero-order valence-electron chi connectivity index (χ0n) is 10.5. The minimum absolute atomic E-state index is 0.237. The molecule has 4 heteroatoms. The summed E-state index contributed by atoms with van der Waals surface area (Å²) in [4.78, 5) is 15.8. The number of rotatable bonds is 5. The normalized spacial score (nSPS) is 34.5. The van der Waals surface area contributed by atoms with Crippen LogP contribution in [0.25, 0.3) is 0 Å². The van der Waals surface area contributed by atoms with Gasteiger partial charge in [-0.05, 0) is 39.0 Å². The van der Waals surface area contributed by atoms with Crippen molar-refractivity contribution in [2.24, 2.45) is 0 Å². The van der Waals surface area contributed by atoms with Crippen LogP contribution in [0.1, 0.15) is 39.0 Å². The molecular formula is C13H22N2O2. The average Bonchev–Trinajstić information content (AvgIpc) is 3.13. The molecule has 0 aromatic carbocycles. The van der Waals surface area contributed by atoms with Gasteiger partial charge in [0.25, 0.3) is 0 Å². The number of likely N-dealkylation sites (tertiary alicyclic amines) is 1. The van der Waals surface area contributed by atoms with Crippen molar-refractivity contribution in [2.45, 2.75) is 63.2 Å². The Morgan fingerprint density at radius 1 is 1.29 bits per heavy atom. The first-order valence-corrected chi connectivity index (χ1v) is 6.88. The largest absolute Gasteiger partial charge is 0.480 e. The molecule has 0 spiro atoms. The topological polar surface area (TPSA) is 43.8 Å². The molecule has 2 atom stereocenters. The molecule has 3 aliphatic rings. The molecule has 1 aliphatic heterocycles. The highest BCUT2D eigenvalue weighted by Gasteiger charge is 2.44. The van der Waals surface area contributed by atoms with Gasteiger partial charge in [-0.2, -0.15) is 0 Å². The lowest BCUT2D eigenvalue weighted by molar-refractivity contribution is -0.139. The molecule has 1 heterocycles. The van der Waals surface area contributed by atoms with Crippen molar-refractivity contribution < 1.29 is 9.90 Å². The van der Waals surface area contributed by atoms with Gasteiger partial charge >= 0.3 is 5.97 Å². The van der Waals surface area contributed by atoms with Crippen LogP contribution in [-0.4, -0.2) is 58.1 Å². The lowest BCUT2D eigenvalue weighted by Gasteiger charge is -2.27. The molecule has 1 saturated heterocycles. The molecule has 4 nitrogen and oxygen atoms in total. The van der Waals surface area contributed by atoms with E-state index < -0.39 is 5.97 Å². The molecule has 0 radical (unpaired) electrons. The Balaban J connectivity index is 1.63. The molecule has 0 bridgehead atoms. The van der Waals surface area contributed by atoms with Crippen LogP contribution in [-0.2, 0) is 4.79 Å². The molecule has 96 valence electrons. The van der Waals surface area contributed by atoms with Gasteiger partial charge in [0.15, 0.2) is 0 Å². The van der Waals surface area contributed by atoms with Gasteiger partial charge in [0.2, 0.25) is 0 Å². The Morgan fingerprint density at radius 3 is 2.53 bits per heavy atom. The molecule has 2 aliphatic carbocycles. The van der Waals surface area contributed by atoms with Crippen LogP contribution in [0.5, 0.6) is 0 Å². The number of carboxylic acid groups (broad SMARTS) is 1. The zero-order chi connectivity index (χ0) is 12.0. The van der Waals surface area contributed by atoms with Crippen LogP contribution < -0.4 is 0 Å². The summed E-state index contributed by atoms with van der Waals surface area (Å²) in [5.74, 6) is -0.672. The van der Waals surface area contributed by atoms with Crippen LogP contribution in [0.15, 0.2) is 0 Å². The SMILES string of the molecule is CC1CC(N(CC(=O)O)C2CC2)CN1C1CC1. The van der Waals surface area contributed by atoms with Gasteiger partial charge in [0, 0.05) is 30.7 Å². The number of hydrogen-bond donors (Lipinski definition) is 1. The third-order valence-electron chi connectivity index (χ3n) is 4.42. The van der Waals surface area contributed by atoms with Crippen molar-refractivity contribution in [1.82, 2.24) is 9.80 Å². The summed E-state index contributed by atoms with van der Waals surface area (Å²) in [6.07, 6.45) is 6.24. The van der Waals surface area contributed by atoms with E-state index in [4.69, 9.17) is 5.11 Å². The average molecular weight is 238 g/mol. The van der Waals surface area contributed by atoms with E-state index in [0.29, 0.717) is 18.1 Å². The van der Waals surface area contributed by atoms with Gasteiger partial charge < -0.3 is 5.11 Å². The van der Waals surface area contributed by atoms with E-state index in [2.05, 4.69) is 16.7 Å². The molecule has 2 unspecified atom stereocenters. The second kappa shape index (κ2) is 4.25. The second-order valence-corrected chi connectivity index (χ2v) is 5.96. The Morgan fingerprint density at radius 2 is 2.00 bits per heavy atom. The minimum atomic E-state index is -0.672. The van der Waals surface area contributed by atoms with E-state index in [1.807, 2.05) is 0 Å². The van der Waals surface area contributed by atoms with E-state index >= 15 is 0 Å². The Kier molecular flexibility index (Phi) is 2.87. The standard InChI is InChI=1S/C13H22N2O2/c1-9-6-12(7-14(9)10-2-3-10)15(8-13(16)17)11-4-5-11/h9-12H,2-8H2,1H3,(H,16,17). The molecule has 3 rings (SSSR count). The predicted octanol–water partition coefficient (Wildman–Crippen LogP) is 1.16. The van der Waals surface area contributed by atoms with Crippen molar-refractivity contribution >= 4 is 5.97 Å². The van der Waals surface area contributed by atoms with Crippen LogP contribution >= 0.6 is 0 Å². The van der Waals surface area contributed by atoms with Crippen LogP contribution in [0.3, 0.4) is 0 Å². The van der Waals surface area contributed by atoms with E-state index in [0.717, 1.165) is 19.0 Å². The van der Waals surface area contributed by atoms with Crippen LogP contribution in [0.2, 0.25) is 0 Å². The quantitative estimate of drug-likeness (QED) is 0.780. The summed E-state index contributed by atoms with van der Waals surface area (Å²) >= 11 is 0. The maximum absolute atomic E-state index is 11.0. The molecule has 3 fully saturated rings. The van der Waals surface area contributed by atoms with E-state index in [9.17, 15) is 4.79 Å². The highest BCUT2D eigenvalue weighted by molar-refractivity contribution is 5.69. The highest BCUT2D eigenvalue weighted by atomic mass is 16.4. The van der Waals surface area contributed by atoms with Crippen molar-refractivity contribution in [3.8, 4) is 0 Å². The Hall–Kier alpha value is -0.610. The summed E-state index contributed by atoms with van der Waals surface area (Å²) in [5, 5.41) is 9.02. The molecular weight excluding hydrogens is 216 g/mol. The summed E-state index contributed by atoms with van der Waals surface area (Å²) in [6.45, 7) is 3.63. The van der Waals surface area contributed by atoms with Crippen LogP contribution in [0.4, 0.5) is 0 Å². The first-order valence-electron chi connectivity index (χ1n) is 6.88. The summed E-state index contributed by atoms with van der Waals surface area (Å²) in [7, 11) is 0. The minimum Gasteiger partial charge on any atom is -0.480 e.